The molecule has 0 unspecified atom stereocenters. The van der Waals surface area contributed by atoms with E-state index in [1.807, 2.05) is 72.8 Å². The molecule has 0 atom stereocenters. The van der Waals surface area contributed by atoms with Gasteiger partial charge in [-0.2, -0.15) is 0 Å². The van der Waals surface area contributed by atoms with E-state index in [-0.39, 0.29) is 12.8 Å². The van der Waals surface area contributed by atoms with Crippen LogP contribution in [0.2, 0.25) is 0 Å². The summed E-state index contributed by atoms with van der Waals surface area (Å²) in [6, 6.07) is 27.6. The molecule has 0 spiro atoms. The van der Waals surface area contributed by atoms with E-state index in [1.165, 1.54) is 0 Å². The van der Waals surface area contributed by atoms with Crippen molar-refractivity contribution in [2.45, 2.75) is 18.6 Å². The Hall–Kier alpha value is -2.42. The summed E-state index contributed by atoms with van der Waals surface area (Å²) in [6.07, 6.45) is 0.422. The minimum Gasteiger partial charge on any atom is -0.365 e. The summed E-state index contributed by atoms with van der Waals surface area (Å²) in [7, 11) is 0. The van der Waals surface area contributed by atoms with Crippen LogP contribution in [0, 0.1) is 0 Å². The summed E-state index contributed by atoms with van der Waals surface area (Å²) in [4.78, 5) is 0. The summed E-state index contributed by atoms with van der Waals surface area (Å²) < 4.78 is 0. The van der Waals surface area contributed by atoms with Gasteiger partial charge in [0.15, 0.2) is 5.79 Å². The van der Waals surface area contributed by atoms with Crippen LogP contribution in [0.3, 0.4) is 0 Å². The highest BCUT2D eigenvalue weighted by Crippen LogP contribution is 2.22. The molecule has 0 heterocycles. The van der Waals surface area contributed by atoms with Crippen molar-refractivity contribution in [2.75, 3.05) is 0 Å². The summed E-state index contributed by atoms with van der Waals surface area (Å²) in [5.74, 6) is -1.74. The van der Waals surface area contributed by atoms with Crippen LogP contribution in [-0.2, 0) is 12.8 Å². The quantitative estimate of drug-likeness (QED) is 0.704. The van der Waals surface area contributed by atoms with Crippen molar-refractivity contribution in [3.05, 3.63) is 96.1 Å². The van der Waals surface area contributed by atoms with Gasteiger partial charge in [-0.1, -0.05) is 84.9 Å². The molecule has 0 fully saturated rings. The minimum atomic E-state index is -1.74. The number of aliphatic hydroxyl groups is 2. The molecule has 3 rings (SSSR count). The van der Waals surface area contributed by atoms with Crippen molar-refractivity contribution in [2.24, 2.45) is 0 Å². The molecule has 3 aromatic rings. The van der Waals surface area contributed by atoms with Crippen LogP contribution in [0.15, 0.2) is 84.9 Å². The Morgan fingerprint density at radius 2 is 0.957 bits per heavy atom. The average Bonchev–Trinajstić information content (AvgIpc) is 2.56. The zero-order valence-electron chi connectivity index (χ0n) is 12.9. The maximum absolute atomic E-state index is 10.3. The Morgan fingerprint density at radius 3 is 1.52 bits per heavy atom. The first kappa shape index (κ1) is 15.5. The lowest BCUT2D eigenvalue weighted by Crippen LogP contribution is -2.33. The van der Waals surface area contributed by atoms with Crippen molar-refractivity contribution in [3.63, 3.8) is 0 Å². The van der Waals surface area contributed by atoms with Crippen molar-refractivity contribution < 1.29 is 10.2 Å². The van der Waals surface area contributed by atoms with Gasteiger partial charge in [-0.15, -0.1) is 0 Å². The first-order valence-electron chi connectivity index (χ1n) is 7.75. The molecule has 23 heavy (non-hydrogen) atoms. The maximum atomic E-state index is 10.3. The number of hydrogen-bond donors (Lipinski definition) is 2. The van der Waals surface area contributed by atoms with Gasteiger partial charge in [0.1, 0.15) is 0 Å². The van der Waals surface area contributed by atoms with E-state index in [1.54, 1.807) is 0 Å². The van der Waals surface area contributed by atoms with Gasteiger partial charge >= 0.3 is 0 Å². The number of benzene rings is 3. The van der Waals surface area contributed by atoms with Gasteiger partial charge in [-0.3, -0.25) is 0 Å². The van der Waals surface area contributed by atoms with E-state index < -0.39 is 5.79 Å². The molecule has 116 valence electrons. The van der Waals surface area contributed by atoms with Crippen LogP contribution < -0.4 is 0 Å². The van der Waals surface area contributed by atoms with E-state index >= 15 is 0 Å². The van der Waals surface area contributed by atoms with E-state index in [0.29, 0.717) is 0 Å². The van der Waals surface area contributed by atoms with E-state index in [0.717, 1.165) is 22.3 Å². The second-order valence-corrected chi connectivity index (χ2v) is 5.88. The van der Waals surface area contributed by atoms with Gasteiger partial charge in [0.25, 0.3) is 0 Å². The molecule has 0 saturated heterocycles. The van der Waals surface area contributed by atoms with Crippen molar-refractivity contribution in [1.29, 1.82) is 0 Å². The molecule has 0 saturated carbocycles. The highest BCUT2D eigenvalue weighted by Gasteiger charge is 2.23. The monoisotopic (exact) mass is 304 g/mol. The molecule has 0 aliphatic rings. The van der Waals surface area contributed by atoms with Crippen LogP contribution in [0.4, 0.5) is 0 Å². The minimum absolute atomic E-state index is 0.205. The fraction of sp³-hybridized carbons (Fsp3) is 0.143. The molecular weight excluding hydrogens is 284 g/mol. The van der Waals surface area contributed by atoms with Gasteiger partial charge in [0, 0.05) is 12.8 Å². The molecular formula is C21H20O2. The van der Waals surface area contributed by atoms with Crippen LogP contribution in [0.5, 0.6) is 0 Å². The standard InChI is InChI=1S/C21H20O2/c22-21(23,15-17-7-3-1-4-8-17)16-18-11-13-20(14-12-18)19-9-5-2-6-10-19/h1-14,22-23H,15-16H2. The third-order valence-corrected chi connectivity index (χ3v) is 3.88. The van der Waals surface area contributed by atoms with E-state index in [4.69, 9.17) is 0 Å². The first-order chi connectivity index (χ1) is 11.1. The normalized spacial score (nSPS) is 11.4. The highest BCUT2D eigenvalue weighted by molar-refractivity contribution is 5.63. The maximum Gasteiger partial charge on any atom is 0.170 e. The van der Waals surface area contributed by atoms with Crippen LogP contribution >= 0.6 is 0 Å². The van der Waals surface area contributed by atoms with Crippen LogP contribution in [0.25, 0.3) is 11.1 Å². The Balaban J connectivity index is 1.70. The molecule has 2 N–H and O–H groups in total. The van der Waals surface area contributed by atoms with Crippen molar-refractivity contribution >= 4 is 0 Å². The molecule has 0 radical (unpaired) electrons. The summed E-state index contributed by atoms with van der Waals surface area (Å²) in [6.45, 7) is 0. The summed E-state index contributed by atoms with van der Waals surface area (Å²) in [5, 5.41) is 20.5. The summed E-state index contributed by atoms with van der Waals surface area (Å²) >= 11 is 0. The lowest BCUT2D eigenvalue weighted by atomic mass is 9.96. The SMILES string of the molecule is OC(O)(Cc1ccccc1)Cc1ccc(-c2ccccc2)cc1. The topological polar surface area (TPSA) is 40.5 Å². The fourth-order valence-corrected chi connectivity index (χ4v) is 2.76. The largest absolute Gasteiger partial charge is 0.365 e. The molecule has 2 heteroatoms. The van der Waals surface area contributed by atoms with Crippen molar-refractivity contribution in [3.8, 4) is 11.1 Å². The Labute approximate surface area is 136 Å². The molecule has 0 bridgehead atoms. The van der Waals surface area contributed by atoms with Crippen LogP contribution in [-0.4, -0.2) is 16.0 Å². The second kappa shape index (κ2) is 6.78. The molecule has 0 aliphatic heterocycles. The molecule has 0 aliphatic carbocycles. The molecule has 0 aromatic heterocycles. The van der Waals surface area contributed by atoms with Gasteiger partial charge in [0.05, 0.1) is 0 Å². The van der Waals surface area contributed by atoms with Gasteiger partial charge < -0.3 is 10.2 Å². The Bertz CT molecular complexity index is 732. The predicted octanol–water partition coefficient (Wildman–Crippen LogP) is 3.82. The number of hydrogen-bond acceptors (Lipinski definition) is 2. The van der Waals surface area contributed by atoms with Crippen LogP contribution in [0.1, 0.15) is 11.1 Å². The molecule has 0 amide bonds. The van der Waals surface area contributed by atoms with Gasteiger partial charge in [-0.05, 0) is 22.3 Å². The average molecular weight is 304 g/mol. The van der Waals surface area contributed by atoms with Gasteiger partial charge in [-0.25, -0.2) is 0 Å². The smallest absolute Gasteiger partial charge is 0.170 e. The van der Waals surface area contributed by atoms with E-state index in [9.17, 15) is 10.2 Å². The van der Waals surface area contributed by atoms with Crippen molar-refractivity contribution in [1.82, 2.24) is 0 Å². The highest BCUT2D eigenvalue weighted by atomic mass is 16.5. The first-order valence-corrected chi connectivity index (χ1v) is 7.75. The number of rotatable bonds is 5. The lowest BCUT2D eigenvalue weighted by Gasteiger charge is -2.22. The lowest BCUT2D eigenvalue weighted by molar-refractivity contribution is -0.157. The Morgan fingerprint density at radius 1 is 0.522 bits per heavy atom. The zero-order valence-corrected chi connectivity index (χ0v) is 12.9. The Kier molecular flexibility index (Phi) is 4.56. The summed E-state index contributed by atoms with van der Waals surface area (Å²) in [5.41, 5.74) is 4.10. The third kappa shape index (κ3) is 4.28. The fourth-order valence-electron chi connectivity index (χ4n) is 2.76. The van der Waals surface area contributed by atoms with E-state index in [2.05, 4.69) is 12.1 Å². The van der Waals surface area contributed by atoms with Gasteiger partial charge in [0.2, 0.25) is 0 Å². The third-order valence-electron chi connectivity index (χ3n) is 3.88. The molecule has 2 nitrogen and oxygen atoms in total. The molecule has 3 aromatic carbocycles. The predicted molar refractivity (Wildman–Crippen MR) is 92.9 cm³/mol. The second-order valence-electron chi connectivity index (χ2n) is 5.88. The zero-order chi connectivity index (χ0) is 16.1.